The number of rotatable bonds is 10. The van der Waals surface area contributed by atoms with Crippen LogP contribution in [0.5, 0.6) is 5.75 Å². The van der Waals surface area contributed by atoms with Crippen LogP contribution in [-0.4, -0.2) is 57.5 Å². The number of benzene rings is 1. The second kappa shape index (κ2) is 10.9. The average Bonchev–Trinajstić information content (AvgIpc) is 3.49. The van der Waals surface area contributed by atoms with E-state index in [1.807, 2.05) is 6.92 Å². The molecule has 3 heterocycles. The molecule has 4 aromatic rings. The number of hydrogen-bond donors (Lipinski definition) is 2. The second-order valence-corrected chi connectivity index (χ2v) is 11.0. The topological polar surface area (TPSA) is 155 Å². The number of anilines is 1. The molecule has 0 bridgehead atoms. The number of aromatic nitrogens is 5. The van der Waals surface area contributed by atoms with Gasteiger partial charge in [-0.1, -0.05) is 0 Å². The number of thiazole rings is 1. The summed E-state index contributed by atoms with van der Waals surface area (Å²) in [5.41, 5.74) is 8.54. The normalized spacial score (nSPS) is 13.4. The van der Waals surface area contributed by atoms with E-state index in [-0.39, 0.29) is 18.8 Å². The quantitative estimate of drug-likeness (QED) is 0.283. The lowest BCUT2D eigenvalue weighted by molar-refractivity contribution is 0.111. The highest BCUT2D eigenvalue weighted by Gasteiger charge is 2.20. The molecule has 0 aliphatic heterocycles. The lowest BCUT2D eigenvalue weighted by Gasteiger charge is -2.19. The maximum absolute atomic E-state index is 14.1. The Labute approximate surface area is 216 Å². The predicted octanol–water partition coefficient (Wildman–Crippen LogP) is 2.84. The Kier molecular flexibility index (Phi) is 7.82. The van der Waals surface area contributed by atoms with Crippen molar-refractivity contribution in [3.63, 3.8) is 0 Å². The fraction of sp³-hybridized carbons (Fsp3) is 0.304. The molecular formula is C23H25FN6O5S2. The second-order valence-electron chi connectivity index (χ2n) is 8.26. The van der Waals surface area contributed by atoms with Crippen molar-refractivity contribution in [1.82, 2.24) is 25.0 Å². The van der Waals surface area contributed by atoms with Gasteiger partial charge in [0.1, 0.15) is 11.9 Å². The van der Waals surface area contributed by atoms with Gasteiger partial charge in [0.15, 0.2) is 11.6 Å². The minimum Gasteiger partial charge on any atom is -0.482 e. The third-order valence-corrected chi connectivity index (χ3v) is 7.03. The summed E-state index contributed by atoms with van der Waals surface area (Å²) >= 11 is 1.32. The highest BCUT2D eigenvalue weighted by Crippen LogP contribution is 2.36. The van der Waals surface area contributed by atoms with Crippen molar-refractivity contribution in [2.24, 2.45) is 0 Å². The minimum atomic E-state index is -3.65. The van der Waals surface area contributed by atoms with Crippen molar-refractivity contribution >= 4 is 27.3 Å². The zero-order valence-electron chi connectivity index (χ0n) is 20.2. The van der Waals surface area contributed by atoms with E-state index in [1.54, 1.807) is 25.3 Å². The van der Waals surface area contributed by atoms with Gasteiger partial charge >= 0.3 is 0 Å². The Balaban J connectivity index is 1.56. The van der Waals surface area contributed by atoms with E-state index in [1.165, 1.54) is 40.7 Å². The van der Waals surface area contributed by atoms with Crippen LogP contribution < -0.4 is 10.5 Å². The van der Waals surface area contributed by atoms with Crippen LogP contribution in [0, 0.1) is 12.7 Å². The molecule has 0 radical (unpaired) electrons. The van der Waals surface area contributed by atoms with Crippen LogP contribution in [0.15, 0.2) is 42.9 Å². The van der Waals surface area contributed by atoms with Crippen LogP contribution in [-0.2, 0) is 20.7 Å². The molecule has 0 aliphatic carbocycles. The molecule has 11 nitrogen and oxygen atoms in total. The van der Waals surface area contributed by atoms with Gasteiger partial charge in [-0.05, 0) is 38.1 Å². The first-order valence-corrected chi connectivity index (χ1v) is 13.7. The summed E-state index contributed by atoms with van der Waals surface area (Å²) in [4.78, 5) is 10.9. The highest BCUT2D eigenvalue weighted by molar-refractivity contribution is 7.85. The first-order valence-electron chi connectivity index (χ1n) is 11.1. The SMILES string of the molecule is Cc1nc(C[C@@H](O)COS(C)(=O)=O)sc1-c1cnc(N)c(O[C@H](C)c2cc(F)ccc2-n2nccn2)c1. The van der Waals surface area contributed by atoms with E-state index in [0.29, 0.717) is 33.3 Å². The van der Waals surface area contributed by atoms with E-state index in [4.69, 9.17) is 10.5 Å². The molecular weight excluding hydrogens is 523 g/mol. The summed E-state index contributed by atoms with van der Waals surface area (Å²) in [6.07, 6.45) is 4.00. The van der Waals surface area contributed by atoms with Gasteiger partial charge in [0.2, 0.25) is 0 Å². The molecule has 0 saturated heterocycles. The lowest BCUT2D eigenvalue weighted by Crippen LogP contribution is -2.20. The molecule has 0 fully saturated rings. The third kappa shape index (κ3) is 6.65. The summed E-state index contributed by atoms with van der Waals surface area (Å²) in [7, 11) is -3.65. The lowest BCUT2D eigenvalue weighted by atomic mass is 10.1. The Bertz CT molecular complexity index is 1490. The van der Waals surface area contributed by atoms with Crippen LogP contribution in [0.25, 0.3) is 16.1 Å². The van der Waals surface area contributed by atoms with Gasteiger partial charge < -0.3 is 15.6 Å². The molecule has 0 amide bonds. The first kappa shape index (κ1) is 26.6. The van der Waals surface area contributed by atoms with Crippen LogP contribution in [0.2, 0.25) is 0 Å². The fourth-order valence-electron chi connectivity index (χ4n) is 3.57. The van der Waals surface area contributed by atoms with E-state index >= 15 is 0 Å². The number of aliphatic hydroxyl groups excluding tert-OH is 1. The Morgan fingerprint density at radius 2 is 1.97 bits per heavy atom. The van der Waals surface area contributed by atoms with Gasteiger partial charge in [-0.3, -0.25) is 4.18 Å². The summed E-state index contributed by atoms with van der Waals surface area (Å²) in [6.45, 7) is 3.20. The number of nitrogens with two attached hydrogens (primary N) is 1. The smallest absolute Gasteiger partial charge is 0.264 e. The van der Waals surface area contributed by atoms with Crippen LogP contribution >= 0.6 is 11.3 Å². The highest BCUT2D eigenvalue weighted by atomic mass is 32.2. The van der Waals surface area contributed by atoms with Crippen molar-refractivity contribution in [2.75, 3.05) is 18.6 Å². The molecule has 3 aromatic heterocycles. The predicted molar refractivity (Wildman–Crippen MR) is 135 cm³/mol. The molecule has 196 valence electrons. The molecule has 4 rings (SSSR count). The van der Waals surface area contributed by atoms with Gasteiger partial charge in [-0.2, -0.15) is 23.4 Å². The summed E-state index contributed by atoms with van der Waals surface area (Å²) < 4.78 is 47.2. The molecule has 37 heavy (non-hydrogen) atoms. The third-order valence-electron chi connectivity index (χ3n) is 5.24. The number of aryl methyl sites for hydroxylation is 1. The molecule has 0 unspecified atom stereocenters. The van der Waals surface area contributed by atoms with E-state index < -0.39 is 28.1 Å². The molecule has 3 N–H and O–H groups in total. The summed E-state index contributed by atoms with van der Waals surface area (Å²) in [6, 6.07) is 5.96. The number of nitrogens with zero attached hydrogens (tertiary/aromatic N) is 5. The minimum absolute atomic E-state index is 0.119. The molecule has 2 atom stereocenters. The first-order chi connectivity index (χ1) is 17.5. The number of aliphatic hydroxyl groups is 1. The van der Waals surface area contributed by atoms with Crippen LogP contribution in [0.4, 0.5) is 10.2 Å². The number of ether oxygens (including phenoxy) is 1. The van der Waals surface area contributed by atoms with Gasteiger partial charge in [0.25, 0.3) is 10.1 Å². The molecule has 0 spiro atoms. The van der Waals surface area contributed by atoms with E-state index in [0.717, 1.165) is 11.1 Å². The summed E-state index contributed by atoms with van der Waals surface area (Å²) in [5.74, 6) is 0.0178. The largest absolute Gasteiger partial charge is 0.482 e. The zero-order chi connectivity index (χ0) is 26.7. The Hall–Kier alpha value is -3.46. The number of nitrogen functional groups attached to an aromatic ring is 1. The van der Waals surface area contributed by atoms with Gasteiger partial charge in [0.05, 0.1) is 52.6 Å². The maximum Gasteiger partial charge on any atom is 0.264 e. The molecule has 1 aromatic carbocycles. The van der Waals surface area contributed by atoms with Crippen LogP contribution in [0.3, 0.4) is 0 Å². The zero-order valence-corrected chi connectivity index (χ0v) is 21.8. The Morgan fingerprint density at radius 3 is 2.68 bits per heavy atom. The number of pyridine rings is 1. The van der Waals surface area contributed by atoms with Gasteiger partial charge in [-0.15, -0.1) is 11.3 Å². The number of halogens is 1. The number of hydrogen-bond acceptors (Lipinski definition) is 11. The average molecular weight is 549 g/mol. The van der Waals surface area contributed by atoms with Gasteiger partial charge in [-0.25, -0.2) is 14.4 Å². The van der Waals surface area contributed by atoms with Crippen molar-refractivity contribution in [1.29, 1.82) is 0 Å². The fourth-order valence-corrected chi connectivity index (χ4v) is 5.09. The Morgan fingerprint density at radius 1 is 1.24 bits per heavy atom. The standard InChI is InChI=1S/C23H25FN6O5S2/c1-13-22(36-21(29-13)10-17(31)12-34-37(3,32)33)15-8-20(23(25)26-11-15)35-14(2)18-9-16(24)4-5-19(18)30-27-6-7-28-30/h4-9,11,14,17,31H,10,12H2,1-3H3,(H2,25,26)/t14-,17-/m1/s1. The van der Waals surface area contributed by atoms with Crippen LogP contribution in [0.1, 0.15) is 29.3 Å². The molecule has 0 saturated carbocycles. The van der Waals surface area contributed by atoms with Crippen molar-refractivity contribution in [3.8, 4) is 21.9 Å². The van der Waals surface area contributed by atoms with E-state index in [9.17, 15) is 17.9 Å². The van der Waals surface area contributed by atoms with Crippen molar-refractivity contribution in [2.45, 2.75) is 32.5 Å². The van der Waals surface area contributed by atoms with Gasteiger partial charge in [0, 0.05) is 23.7 Å². The molecule has 0 aliphatic rings. The van der Waals surface area contributed by atoms with E-state index in [2.05, 4.69) is 24.3 Å². The van der Waals surface area contributed by atoms with Crippen molar-refractivity contribution < 1.29 is 26.8 Å². The summed E-state index contributed by atoms with van der Waals surface area (Å²) in [5, 5.41) is 19.0. The molecule has 14 heteroatoms. The maximum atomic E-state index is 14.1. The monoisotopic (exact) mass is 548 g/mol. The van der Waals surface area contributed by atoms with Crippen molar-refractivity contribution in [3.05, 3.63) is 64.9 Å².